The maximum atomic E-state index is 9.38. The van der Waals surface area contributed by atoms with Crippen molar-refractivity contribution in [1.29, 1.82) is 0 Å². The molecule has 3 nitrogen and oxygen atoms in total. The monoisotopic (exact) mass is 159 g/mol. The summed E-state index contributed by atoms with van der Waals surface area (Å²) in [6.07, 6.45) is 3.06. The highest BCUT2D eigenvalue weighted by Gasteiger charge is 2.23. The Morgan fingerprint density at radius 1 is 1.55 bits per heavy atom. The van der Waals surface area contributed by atoms with Crippen molar-refractivity contribution >= 4 is 0 Å². The van der Waals surface area contributed by atoms with E-state index in [4.69, 9.17) is 4.74 Å². The van der Waals surface area contributed by atoms with Crippen LogP contribution in [-0.4, -0.2) is 37.5 Å². The van der Waals surface area contributed by atoms with Gasteiger partial charge in [0.2, 0.25) is 0 Å². The Labute approximate surface area is 67.7 Å². The number of aliphatic hydroxyl groups is 1. The number of aliphatic hydroxyl groups excluding tert-OH is 1. The van der Waals surface area contributed by atoms with E-state index < -0.39 is 0 Å². The summed E-state index contributed by atoms with van der Waals surface area (Å²) in [7, 11) is 1.69. The normalized spacial score (nSPS) is 31.1. The van der Waals surface area contributed by atoms with E-state index in [0.717, 1.165) is 32.4 Å². The molecule has 3 heteroatoms. The van der Waals surface area contributed by atoms with Crippen LogP contribution in [0.4, 0.5) is 0 Å². The molecule has 2 atom stereocenters. The smallest absolute Gasteiger partial charge is 0.0693 e. The van der Waals surface area contributed by atoms with Gasteiger partial charge in [0.25, 0.3) is 0 Å². The Morgan fingerprint density at radius 3 is 2.91 bits per heavy atom. The Bertz CT molecular complexity index is 108. The van der Waals surface area contributed by atoms with Crippen molar-refractivity contribution < 1.29 is 9.84 Å². The van der Waals surface area contributed by atoms with Gasteiger partial charge in [-0.2, -0.15) is 0 Å². The first kappa shape index (κ1) is 8.97. The van der Waals surface area contributed by atoms with E-state index in [-0.39, 0.29) is 6.10 Å². The van der Waals surface area contributed by atoms with Crippen molar-refractivity contribution in [3.05, 3.63) is 0 Å². The highest BCUT2D eigenvalue weighted by atomic mass is 16.5. The molecule has 2 unspecified atom stereocenters. The zero-order valence-corrected chi connectivity index (χ0v) is 7.05. The van der Waals surface area contributed by atoms with Gasteiger partial charge in [0.15, 0.2) is 0 Å². The van der Waals surface area contributed by atoms with Crippen LogP contribution in [0.2, 0.25) is 0 Å². The van der Waals surface area contributed by atoms with E-state index >= 15 is 0 Å². The summed E-state index contributed by atoms with van der Waals surface area (Å²) in [6, 6.07) is 0.310. The molecule has 0 saturated heterocycles. The zero-order chi connectivity index (χ0) is 8.10. The number of rotatable bonds is 4. The van der Waals surface area contributed by atoms with Gasteiger partial charge in [-0.05, 0) is 19.3 Å². The molecule has 1 rings (SSSR count). The highest BCUT2D eigenvalue weighted by molar-refractivity contribution is 4.82. The van der Waals surface area contributed by atoms with E-state index in [1.807, 2.05) is 0 Å². The third kappa shape index (κ3) is 2.77. The minimum Gasteiger partial charge on any atom is -0.392 e. The molecule has 11 heavy (non-hydrogen) atoms. The van der Waals surface area contributed by atoms with Crippen molar-refractivity contribution in [3.63, 3.8) is 0 Å². The molecular weight excluding hydrogens is 142 g/mol. The van der Waals surface area contributed by atoms with E-state index in [0.29, 0.717) is 6.04 Å². The Kier molecular flexibility index (Phi) is 3.83. The van der Waals surface area contributed by atoms with Gasteiger partial charge in [-0.15, -0.1) is 0 Å². The summed E-state index contributed by atoms with van der Waals surface area (Å²) >= 11 is 0. The predicted octanol–water partition coefficient (Wildman–Crippen LogP) is 0.136. The molecule has 0 aromatic carbocycles. The SMILES string of the molecule is COCCNC1CCCC1O. The van der Waals surface area contributed by atoms with E-state index in [1.54, 1.807) is 7.11 Å². The summed E-state index contributed by atoms with van der Waals surface area (Å²) in [4.78, 5) is 0. The number of ether oxygens (including phenoxy) is 1. The number of methoxy groups -OCH3 is 1. The molecule has 1 aliphatic carbocycles. The average molecular weight is 159 g/mol. The largest absolute Gasteiger partial charge is 0.392 e. The fourth-order valence-corrected chi connectivity index (χ4v) is 1.52. The molecule has 0 radical (unpaired) electrons. The lowest BCUT2D eigenvalue weighted by molar-refractivity contribution is 0.138. The minimum atomic E-state index is -0.133. The van der Waals surface area contributed by atoms with Crippen molar-refractivity contribution in [2.45, 2.75) is 31.4 Å². The first-order chi connectivity index (χ1) is 5.34. The van der Waals surface area contributed by atoms with Gasteiger partial charge in [-0.3, -0.25) is 0 Å². The fourth-order valence-electron chi connectivity index (χ4n) is 1.52. The third-order valence-electron chi connectivity index (χ3n) is 2.19. The molecule has 1 fully saturated rings. The van der Waals surface area contributed by atoms with Crippen molar-refractivity contribution in [3.8, 4) is 0 Å². The summed E-state index contributed by atoms with van der Waals surface area (Å²) in [6.45, 7) is 1.57. The third-order valence-corrected chi connectivity index (χ3v) is 2.19. The maximum absolute atomic E-state index is 9.38. The van der Waals surface area contributed by atoms with Crippen LogP contribution in [0.3, 0.4) is 0 Å². The number of hydrogen-bond donors (Lipinski definition) is 2. The number of nitrogens with one attached hydrogen (secondary N) is 1. The highest BCUT2D eigenvalue weighted by Crippen LogP contribution is 2.18. The molecule has 0 spiro atoms. The van der Waals surface area contributed by atoms with E-state index in [1.165, 1.54) is 0 Å². The van der Waals surface area contributed by atoms with Crippen LogP contribution in [0.15, 0.2) is 0 Å². The molecule has 1 aliphatic rings. The first-order valence-corrected chi connectivity index (χ1v) is 4.25. The van der Waals surface area contributed by atoms with Crippen LogP contribution >= 0.6 is 0 Å². The standard InChI is InChI=1S/C8H17NO2/c1-11-6-5-9-7-3-2-4-8(7)10/h7-10H,2-6H2,1H3. The molecule has 0 amide bonds. The molecule has 0 aromatic heterocycles. The van der Waals surface area contributed by atoms with Gasteiger partial charge < -0.3 is 15.2 Å². The second-order valence-corrected chi connectivity index (χ2v) is 3.05. The van der Waals surface area contributed by atoms with Gasteiger partial charge in [0.1, 0.15) is 0 Å². The van der Waals surface area contributed by atoms with Crippen LogP contribution in [0.25, 0.3) is 0 Å². The predicted molar refractivity (Wildman–Crippen MR) is 43.5 cm³/mol. The van der Waals surface area contributed by atoms with Crippen molar-refractivity contribution in [1.82, 2.24) is 5.32 Å². The molecular formula is C8H17NO2. The van der Waals surface area contributed by atoms with Gasteiger partial charge in [-0.25, -0.2) is 0 Å². The molecule has 2 N–H and O–H groups in total. The summed E-state index contributed by atoms with van der Waals surface area (Å²) in [5.74, 6) is 0. The Balaban J connectivity index is 2.05. The molecule has 0 heterocycles. The quantitative estimate of drug-likeness (QED) is 0.573. The van der Waals surface area contributed by atoms with Crippen molar-refractivity contribution in [2.75, 3.05) is 20.3 Å². The lowest BCUT2D eigenvalue weighted by atomic mass is 10.2. The topological polar surface area (TPSA) is 41.5 Å². The minimum absolute atomic E-state index is 0.133. The Morgan fingerprint density at radius 2 is 2.36 bits per heavy atom. The summed E-state index contributed by atoms with van der Waals surface area (Å²) in [5.41, 5.74) is 0. The zero-order valence-electron chi connectivity index (χ0n) is 7.05. The first-order valence-electron chi connectivity index (χ1n) is 4.25. The molecule has 66 valence electrons. The molecule has 1 saturated carbocycles. The Hall–Kier alpha value is -0.120. The second kappa shape index (κ2) is 4.70. The molecule has 0 bridgehead atoms. The van der Waals surface area contributed by atoms with Crippen molar-refractivity contribution in [2.24, 2.45) is 0 Å². The van der Waals surface area contributed by atoms with E-state index in [2.05, 4.69) is 5.32 Å². The maximum Gasteiger partial charge on any atom is 0.0693 e. The average Bonchev–Trinajstić information content (AvgIpc) is 2.37. The second-order valence-electron chi connectivity index (χ2n) is 3.05. The molecule has 0 aromatic rings. The summed E-state index contributed by atoms with van der Waals surface area (Å²) < 4.78 is 4.89. The van der Waals surface area contributed by atoms with Gasteiger partial charge in [-0.1, -0.05) is 0 Å². The summed E-state index contributed by atoms with van der Waals surface area (Å²) in [5, 5.41) is 12.6. The van der Waals surface area contributed by atoms with Crippen LogP contribution in [-0.2, 0) is 4.74 Å². The van der Waals surface area contributed by atoms with Crippen LogP contribution in [0.5, 0.6) is 0 Å². The lowest BCUT2D eigenvalue weighted by Gasteiger charge is -2.15. The lowest BCUT2D eigenvalue weighted by Crippen LogP contribution is -2.37. The van der Waals surface area contributed by atoms with E-state index in [9.17, 15) is 5.11 Å². The van der Waals surface area contributed by atoms with Gasteiger partial charge in [0.05, 0.1) is 12.7 Å². The van der Waals surface area contributed by atoms with Crippen LogP contribution in [0.1, 0.15) is 19.3 Å². The van der Waals surface area contributed by atoms with Gasteiger partial charge in [0, 0.05) is 19.7 Å². The molecule has 0 aliphatic heterocycles. The van der Waals surface area contributed by atoms with Crippen LogP contribution < -0.4 is 5.32 Å². The van der Waals surface area contributed by atoms with Gasteiger partial charge >= 0.3 is 0 Å². The van der Waals surface area contributed by atoms with Crippen LogP contribution in [0, 0.1) is 0 Å². The number of hydrogen-bond acceptors (Lipinski definition) is 3. The fraction of sp³-hybridized carbons (Fsp3) is 1.00.